The molecule has 0 atom stereocenters. The predicted octanol–water partition coefficient (Wildman–Crippen LogP) is 1.76. The first kappa shape index (κ1) is 8.59. The molecule has 0 aliphatic carbocycles. The molecule has 0 saturated carbocycles. The van der Waals surface area contributed by atoms with Crippen molar-refractivity contribution < 1.29 is 10.3 Å². The number of hydrogen-bond acceptors (Lipinski definition) is 3. The van der Waals surface area contributed by atoms with Crippen molar-refractivity contribution in [3.8, 4) is 5.75 Å². The molecule has 1 aromatic rings. The summed E-state index contributed by atoms with van der Waals surface area (Å²) in [6, 6.07) is 4.95. The molecule has 3 heteroatoms. The lowest BCUT2D eigenvalue weighted by Gasteiger charge is -2.01. The molecule has 0 unspecified atom stereocenters. The minimum Gasteiger partial charge on any atom is -0.508 e. The van der Waals surface area contributed by atoms with Crippen molar-refractivity contribution in [3.63, 3.8) is 0 Å². The Morgan fingerprint density at radius 2 is 2.25 bits per heavy atom. The number of phenols is 1. The Balaban J connectivity index is 3.10. The topological polar surface area (TPSA) is 52.8 Å². The van der Waals surface area contributed by atoms with E-state index in [0.29, 0.717) is 0 Å². The summed E-state index contributed by atoms with van der Waals surface area (Å²) in [6.45, 7) is 1.98. The maximum absolute atomic E-state index is 9.13. The van der Waals surface area contributed by atoms with Crippen molar-refractivity contribution in [2.45, 2.75) is 13.3 Å². The van der Waals surface area contributed by atoms with E-state index in [4.69, 9.17) is 10.3 Å². The molecule has 0 aliphatic heterocycles. The SMILES string of the molecule is CCc1cc(O)ccc1C=NO. The molecule has 12 heavy (non-hydrogen) atoms. The highest BCUT2D eigenvalue weighted by Crippen LogP contribution is 2.15. The van der Waals surface area contributed by atoms with Crippen molar-refractivity contribution in [3.05, 3.63) is 29.3 Å². The highest BCUT2D eigenvalue weighted by atomic mass is 16.4. The number of benzene rings is 1. The standard InChI is InChI=1S/C9H11NO2/c1-2-7-5-9(11)4-3-8(7)6-10-12/h3-6,11-12H,2H2,1H3. The molecule has 0 aromatic heterocycles. The molecule has 0 radical (unpaired) electrons. The summed E-state index contributed by atoms with van der Waals surface area (Å²) in [7, 11) is 0. The second kappa shape index (κ2) is 3.76. The number of aryl methyl sites for hydroxylation is 1. The fraction of sp³-hybridized carbons (Fsp3) is 0.222. The second-order valence-electron chi connectivity index (χ2n) is 2.48. The zero-order chi connectivity index (χ0) is 8.97. The molecule has 0 spiro atoms. The van der Waals surface area contributed by atoms with E-state index in [-0.39, 0.29) is 5.75 Å². The minimum atomic E-state index is 0.238. The van der Waals surface area contributed by atoms with Crippen LogP contribution >= 0.6 is 0 Å². The number of phenolic OH excluding ortho intramolecular Hbond substituents is 1. The monoisotopic (exact) mass is 165 g/mol. The molecule has 0 bridgehead atoms. The third-order valence-electron chi connectivity index (χ3n) is 1.70. The van der Waals surface area contributed by atoms with E-state index in [9.17, 15) is 0 Å². The van der Waals surface area contributed by atoms with E-state index in [0.717, 1.165) is 17.5 Å². The number of aromatic hydroxyl groups is 1. The van der Waals surface area contributed by atoms with Gasteiger partial charge in [-0.2, -0.15) is 0 Å². The Hall–Kier alpha value is -1.51. The van der Waals surface area contributed by atoms with Gasteiger partial charge in [-0.05, 0) is 35.7 Å². The second-order valence-corrected chi connectivity index (χ2v) is 2.48. The summed E-state index contributed by atoms with van der Waals surface area (Å²) in [6.07, 6.45) is 2.16. The number of hydrogen-bond donors (Lipinski definition) is 2. The lowest BCUT2D eigenvalue weighted by Crippen LogP contribution is -1.90. The highest BCUT2D eigenvalue weighted by Gasteiger charge is 1.98. The van der Waals surface area contributed by atoms with Crippen LogP contribution in [0.1, 0.15) is 18.1 Å². The first-order valence-electron chi connectivity index (χ1n) is 3.77. The Labute approximate surface area is 71.0 Å². The van der Waals surface area contributed by atoms with Crippen molar-refractivity contribution in [1.82, 2.24) is 0 Å². The van der Waals surface area contributed by atoms with Crippen LogP contribution in [0.15, 0.2) is 23.4 Å². The van der Waals surface area contributed by atoms with Crippen LogP contribution < -0.4 is 0 Å². The first-order chi connectivity index (χ1) is 5.77. The zero-order valence-corrected chi connectivity index (χ0v) is 6.86. The van der Waals surface area contributed by atoms with Crippen LogP contribution in [0.25, 0.3) is 0 Å². The normalized spacial score (nSPS) is 10.8. The van der Waals surface area contributed by atoms with Crippen molar-refractivity contribution in [2.24, 2.45) is 5.16 Å². The van der Waals surface area contributed by atoms with Crippen LogP contribution in [0.2, 0.25) is 0 Å². The third kappa shape index (κ3) is 1.75. The Morgan fingerprint density at radius 3 is 2.83 bits per heavy atom. The fourth-order valence-electron chi connectivity index (χ4n) is 1.09. The van der Waals surface area contributed by atoms with Crippen LogP contribution in [-0.4, -0.2) is 16.5 Å². The third-order valence-corrected chi connectivity index (χ3v) is 1.70. The average Bonchev–Trinajstić information content (AvgIpc) is 2.08. The molecule has 1 rings (SSSR count). The van der Waals surface area contributed by atoms with Gasteiger partial charge in [0.05, 0.1) is 6.21 Å². The van der Waals surface area contributed by atoms with Gasteiger partial charge in [0.25, 0.3) is 0 Å². The van der Waals surface area contributed by atoms with E-state index >= 15 is 0 Å². The summed E-state index contributed by atoms with van der Waals surface area (Å²) >= 11 is 0. The molecule has 0 saturated heterocycles. The van der Waals surface area contributed by atoms with Gasteiger partial charge in [-0.25, -0.2) is 0 Å². The lowest BCUT2D eigenvalue weighted by atomic mass is 10.1. The Morgan fingerprint density at radius 1 is 1.50 bits per heavy atom. The van der Waals surface area contributed by atoms with E-state index < -0.39 is 0 Å². The largest absolute Gasteiger partial charge is 0.508 e. The predicted molar refractivity (Wildman–Crippen MR) is 46.9 cm³/mol. The van der Waals surface area contributed by atoms with Crippen LogP contribution in [-0.2, 0) is 6.42 Å². The molecule has 2 N–H and O–H groups in total. The lowest BCUT2D eigenvalue weighted by molar-refractivity contribution is 0.322. The van der Waals surface area contributed by atoms with Gasteiger partial charge in [-0.3, -0.25) is 0 Å². The summed E-state index contributed by atoms with van der Waals surface area (Å²) < 4.78 is 0. The zero-order valence-electron chi connectivity index (χ0n) is 6.86. The molecule has 0 fully saturated rings. The summed E-state index contributed by atoms with van der Waals surface area (Å²) in [5, 5.41) is 20.4. The highest BCUT2D eigenvalue weighted by molar-refractivity contribution is 5.81. The fourth-order valence-corrected chi connectivity index (χ4v) is 1.09. The maximum atomic E-state index is 9.13. The van der Waals surface area contributed by atoms with Gasteiger partial charge < -0.3 is 10.3 Å². The van der Waals surface area contributed by atoms with Crippen LogP contribution in [0.4, 0.5) is 0 Å². The molecule has 3 nitrogen and oxygen atoms in total. The van der Waals surface area contributed by atoms with Gasteiger partial charge in [0.15, 0.2) is 0 Å². The van der Waals surface area contributed by atoms with E-state index in [2.05, 4.69) is 5.16 Å². The van der Waals surface area contributed by atoms with E-state index in [1.165, 1.54) is 6.21 Å². The molecule has 0 amide bonds. The van der Waals surface area contributed by atoms with Crippen molar-refractivity contribution in [1.29, 1.82) is 0 Å². The van der Waals surface area contributed by atoms with Gasteiger partial charge in [0, 0.05) is 0 Å². The van der Waals surface area contributed by atoms with Crippen LogP contribution in [0, 0.1) is 0 Å². The summed E-state index contributed by atoms with van der Waals surface area (Å²) in [4.78, 5) is 0. The van der Waals surface area contributed by atoms with Crippen molar-refractivity contribution in [2.75, 3.05) is 0 Å². The molecule has 0 aliphatic rings. The number of oxime groups is 1. The van der Waals surface area contributed by atoms with Gasteiger partial charge in [0.2, 0.25) is 0 Å². The van der Waals surface area contributed by atoms with Gasteiger partial charge in [-0.15, -0.1) is 0 Å². The summed E-state index contributed by atoms with van der Waals surface area (Å²) in [5.41, 5.74) is 1.80. The minimum absolute atomic E-state index is 0.238. The summed E-state index contributed by atoms with van der Waals surface area (Å²) in [5.74, 6) is 0.238. The average molecular weight is 165 g/mol. The molecular weight excluding hydrogens is 154 g/mol. The van der Waals surface area contributed by atoms with Gasteiger partial charge in [-0.1, -0.05) is 12.1 Å². The maximum Gasteiger partial charge on any atom is 0.115 e. The number of rotatable bonds is 2. The Kier molecular flexibility index (Phi) is 2.69. The van der Waals surface area contributed by atoms with Crippen LogP contribution in [0.5, 0.6) is 5.75 Å². The smallest absolute Gasteiger partial charge is 0.115 e. The molecular formula is C9H11NO2. The molecule has 64 valence electrons. The van der Waals surface area contributed by atoms with Gasteiger partial charge in [0.1, 0.15) is 5.75 Å². The Bertz CT molecular complexity index is 295. The van der Waals surface area contributed by atoms with Gasteiger partial charge >= 0.3 is 0 Å². The molecule has 0 heterocycles. The number of nitrogens with zero attached hydrogens (tertiary/aromatic N) is 1. The van der Waals surface area contributed by atoms with E-state index in [1.54, 1.807) is 18.2 Å². The van der Waals surface area contributed by atoms with Crippen LogP contribution in [0.3, 0.4) is 0 Å². The van der Waals surface area contributed by atoms with E-state index in [1.807, 2.05) is 6.92 Å². The quantitative estimate of drug-likeness (QED) is 0.398. The molecule has 1 aromatic carbocycles. The first-order valence-corrected chi connectivity index (χ1v) is 3.77. The van der Waals surface area contributed by atoms with Crippen molar-refractivity contribution >= 4 is 6.21 Å².